The lowest BCUT2D eigenvalue weighted by Crippen LogP contribution is -2.38. The predicted octanol–water partition coefficient (Wildman–Crippen LogP) is 3.34. The van der Waals surface area contributed by atoms with E-state index in [1.165, 1.54) is 0 Å². The summed E-state index contributed by atoms with van der Waals surface area (Å²) in [6, 6.07) is 11.2. The van der Waals surface area contributed by atoms with Gasteiger partial charge in [-0.25, -0.2) is 13.4 Å². The average Bonchev–Trinajstić information content (AvgIpc) is 3.40. The van der Waals surface area contributed by atoms with E-state index in [9.17, 15) is 13.2 Å². The summed E-state index contributed by atoms with van der Waals surface area (Å²) in [6.45, 7) is 0.614. The largest absolute Gasteiger partial charge is 0.455 e. The zero-order valence-electron chi connectivity index (χ0n) is 15.2. The van der Waals surface area contributed by atoms with Crippen LogP contribution in [0.15, 0.2) is 64.2 Å². The third-order valence-electron chi connectivity index (χ3n) is 4.91. The molecular formula is C20H21N3O4S. The van der Waals surface area contributed by atoms with E-state index in [-0.39, 0.29) is 34.1 Å². The van der Waals surface area contributed by atoms with Crippen LogP contribution in [0.5, 0.6) is 0 Å². The van der Waals surface area contributed by atoms with Gasteiger partial charge in [0.05, 0.1) is 10.9 Å². The van der Waals surface area contributed by atoms with Crippen molar-refractivity contribution in [1.29, 1.82) is 0 Å². The fourth-order valence-electron chi connectivity index (χ4n) is 3.53. The maximum absolute atomic E-state index is 13.0. The Bertz CT molecular complexity index is 1040. The highest BCUT2D eigenvalue weighted by atomic mass is 32.2. The molecule has 2 aromatic heterocycles. The molecule has 0 spiro atoms. The molecule has 1 aromatic carbocycles. The number of hydrogen-bond acceptors (Lipinski definition) is 5. The number of aromatic amines is 1. The van der Waals surface area contributed by atoms with Crippen LogP contribution in [0.3, 0.4) is 0 Å². The molecule has 0 radical (unpaired) electrons. The first-order chi connectivity index (χ1) is 13.5. The second-order valence-electron chi connectivity index (χ2n) is 6.82. The van der Waals surface area contributed by atoms with E-state index in [1.54, 1.807) is 59.8 Å². The number of carbonyl (C=O) groups excluding carboxylic acids is 1. The molecule has 4 rings (SSSR count). The van der Waals surface area contributed by atoms with Crippen molar-refractivity contribution in [3.8, 4) is 0 Å². The van der Waals surface area contributed by atoms with Gasteiger partial charge in [0.1, 0.15) is 17.3 Å². The topological polar surface area (TPSA) is 96.3 Å². The minimum absolute atomic E-state index is 0.127. The minimum Gasteiger partial charge on any atom is -0.455 e. The number of benzene rings is 1. The summed E-state index contributed by atoms with van der Waals surface area (Å²) in [5.74, 6) is 0.623. The number of rotatable bonds is 5. The minimum atomic E-state index is -3.53. The van der Waals surface area contributed by atoms with Crippen LogP contribution >= 0.6 is 0 Å². The van der Waals surface area contributed by atoms with Crippen molar-refractivity contribution in [3.63, 3.8) is 0 Å². The second-order valence-corrected chi connectivity index (χ2v) is 8.81. The molecule has 0 unspecified atom stereocenters. The normalized spacial score (nSPS) is 17.6. The maximum Gasteiger partial charge on any atom is 0.290 e. The summed E-state index contributed by atoms with van der Waals surface area (Å²) in [5, 5.41) is 0. The molecule has 1 N–H and O–H groups in total. The summed E-state index contributed by atoms with van der Waals surface area (Å²) >= 11 is 0. The number of nitrogens with one attached hydrogen (secondary N) is 1. The van der Waals surface area contributed by atoms with Gasteiger partial charge in [0.15, 0.2) is 15.6 Å². The van der Waals surface area contributed by atoms with E-state index in [2.05, 4.69) is 9.97 Å². The summed E-state index contributed by atoms with van der Waals surface area (Å²) in [5.41, 5.74) is 0. The Hall–Kier alpha value is -2.87. The highest BCUT2D eigenvalue weighted by Gasteiger charge is 2.32. The van der Waals surface area contributed by atoms with Gasteiger partial charge >= 0.3 is 0 Å². The molecule has 1 fully saturated rings. The number of carbonyl (C=O) groups is 1. The monoisotopic (exact) mass is 399 g/mol. The molecule has 0 bridgehead atoms. The predicted molar refractivity (Wildman–Crippen MR) is 102 cm³/mol. The first-order valence-electron chi connectivity index (χ1n) is 9.21. The lowest BCUT2D eigenvalue weighted by Gasteiger charge is -2.33. The Morgan fingerprint density at radius 3 is 2.75 bits per heavy atom. The number of likely N-dealkylation sites (tertiary alicyclic amines) is 1. The fourth-order valence-corrected chi connectivity index (χ4v) is 4.80. The molecule has 1 saturated heterocycles. The van der Waals surface area contributed by atoms with Gasteiger partial charge in [-0.05, 0) is 43.5 Å². The van der Waals surface area contributed by atoms with Gasteiger partial charge in [0, 0.05) is 18.9 Å². The number of hydrogen-bond donors (Lipinski definition) is 1. The summed E-state index contributed by atoms with van der Waals surface area (Å²) < 4.78 is 30.7. The van der Waals surface area contributed by atoms with Crippen molar-refractivity contribution in [1.82, 2.24) is 14.9 Å². The van der Waals surface area contributed by atoms with Crippen LogP contribution in [-0.4, -0.2) is 35.7 Å². The van der Waals surface area contributed by atoms with E-state index in [0.717, 1.165) is 25.1 Å². The highest BCUT2D eigenvalue weighted by molar-refractivity contribution is 7.90. The van der Waals surface area contributed by atoms with Gasteiger partial charge in [-0.3, -0.25) is 4.79 Å². The summed E-state index contributed by atoms with van der Waals surface area (Å²) in [6.07, 6.45) is 6.18. The van der Waals surface area contributed by atoms with Gasteiger partial charge in [-0.1, -0.05) is 18.2 Å². The van der Waals surface area contributed by atoms with E-state index < -0.39 is 9.84 Å². The molecule has 1 atom stereocenters. The third-order valence-corrected chi connectivity index (χ3v) is 6.56. The van der Waals surface area contributed by atoms with Crippen molar-refractivity contribution in [2.75, 3.05) is 6.54 Å². The van der Waals surface area contributed by atoms with Crippen LogP contribution in [0, 0.1) is 0 Å². The number of piperidine rings is 1. The molecule has 146 valence electrons. The van der Waals surface area contributed by atoms with Crippen molar-refractivity contribution in [2.24, 2.45) is 0 Å². The zero-order valence-corrected chi connectivity index (χ0v) is 16.1. The molecule has 3 heterocycles. The Morgan fingerprint density at radius 2 is 2.00 bits per heavy atom. The number of amides is 1. The van der Waals surface area contributed by atoms with E-state index in [4.69, 9.17) is 4.42 Å². The number of H-pyrrole nitrogens is 1. The molecule has 0 saturated carbocycles. The Kier molecular flexibility index (Phi) is 5.04. The van der Waals surface area contributed by atoms with Crippen LogP contribution < -0.4 is 0 Å². The molecule has 1 amide bonds. The van der Waals surface area contributed by atoms with Gasteiger partial charge in [0.25, 0.3) is 5.91 Å². The Morgan fingerprint density at radius 1 is 1.18 bits per heavy atom. The molecule has 1 aliphatic rings. The number of aromatic nitrogens is 2. The third kappa shape index (κ3) is 3.73. The second kappa shape index (κ2) is 7.63. The first-order valence-corrected chi connectivity index (χ1v) is 10.9. The molecule has 1 aliphatic heterocycles. The van der Waals surface area contributed by atoms with E-state index in [0.29, 0.717) is 6.54 Å². The number of furan rings is 1. The zero-order chi connectivity index (χ0) is 19.6. The number of nitrogens with zero attached hydrogens (tertiary/aromatic N) is 2. The highest BCUT2D eigenvalue weighted by Crippen LogP contribution is 2.30. The van der Waals surface area contributed by atoms with E-state index >= 15 is 0 Å². The molecule has 0 aliphatic carbocycles. The molecule has 8 heteroatoms. The van der Waals surface area contributed by atoms with Crippen LogP contribution in [0.2, 0.25) is 0 Å². The standard InChI is InChI=1S/C20H21N3O4S/c24-20(23-13-5-4-8-17(23)19-21-11-12-22-19)18-10-9-15(27-18)14-28(25,26)16-6-2-1-3-7-16/h1-3,6-7,9-12,17H,4-5,8,13-14H2,(H,21,22)/t17-/m0/s1. The van der Waals surface area contributed by atoms with Crippen molar-refractivity contribution < 1.29 is 17.6 Å². The Labute approximate surface area is 163 Å². The van der Waals surface area contributed by atoms with Crippen LogP contribution in [0.1, 0.15) is 47.4 Å². The van der Waals surface area contributed by atoms with Crippen molar-refractivity contribution in [3.05, 3.63) is 72.2 Å². The number of sulfone groups is 1. The Balaban J connectivity index is 1.53. The van der Waals surface area contributed by atoms with Crippen LogP contribution in [0.25, 0.3) is 0 Å². The first kappa shape index (κ1) is 18.5. The van der Waals surface area contributed by atoms with Crippen LogP contribution in [-0.2, 0) is 15.6 Å². The molecular weight excluding hydrogens is 378 g/mol. The van der Waals surface area contributed by atoms with Gasteiger partial charge < -0.3 is 14.3 Å². The molecule has 3 aromatic rings. The smallest absolute Gasteiger partial charge is 0.290 e. The lowest BCUT2D eigenvalue weighted by molar-refractivity contribution is 0.0567. The maximum atomic E-state index is 13.0. The van der Waals surface area contributed by atoms with Gasteiger partial charge in [-0.15, -0.1) is 0 Å². The fraction of sp³-hybridized carbons (Fsp3) is 0.300. The van der Waals surface area contributed by atoms with Crippen LogP contribution in [0.4, 0.5) is 0 Å². The van der Waals surface area contributed by atoms with Crippen molar-refractivity contribution in [2.45, 2.75) is 36.0 Å². The van der Waals surface area contributed by atoms with Gasteiger partial charge in [-0.2, -0.15) is 0 Å². The average molecular weight is 399 g/mol. The van der Waals surface area contributed by atoms with Crippen molar-refractivity contribution >= 4 is 15.7 Å². The van der Waals surface area contributed by atoms with E-state index in [1.807, 2.05) is 0 Å². The SMILES string of the molecule is O=C(c1ccc(CS(=O)(=O)c2ccccc2)o1)N1CCCC[C@H]1c1ncc[nH]1. The lowest BCUT2D eigenvalue weighted by atomic mass is 10.0. The summed E-state index contributed by atoms with van der Waals surface area (Å²) in [7, 11) is -3.53. The molecule has 28 heavy (non-hydrogen) atoms. The molecule has 7 nitrogen and oxygen atoms in total. The van der Waals surface area contributed by atoms with Gasteiger partial charge in [0.2, 0.25) is 0 Å². The quantitative estimate of drug-likeness (QED) is 0.710. The summed E-state index contributed by atoms with van der Waals surface area (Å²) in [4.78, 5) is 22.3. The number of imidazole rings is 1.